The van der Waals surface area contributed by atoms with Crippen LogP contribution < -0.4 is 23.7 Å². The second-order valence-electron chi connectivity index (χ2n) is 11.3. The number of carbonyl (C=O) groups is 5. The minimum Gasteiger partial charge on any atom is -0.497 e. The number of esters is 1. The minimum absolute atomic E-state index is 0.0315. The Bertz CT molecular complexity index is 1940. The predicted octanol–water partition coefficient (Wildman–Crippen LogP) is 4.09. The number of benzene rings is 3. The number of fused-ring (bicyclic) bond motifs is 6. The van der Waals surface area contributed by atoms with Crippen LogP contribution in [0.15, 0.2) is 35.9 Å². The van der Waals surface area contributed by atoms with Crippen molar-refractivity contribution in [3.05, 3.63) is 80.4 Å². The normalized spacial score (nSPS) is 18.8. The van der Waals surface area contributed by atoms with Crippen LogP contribution in [-0.4, -0.2) is 68.2 Å². The molecule has 1 aliphatic heterocycles. The molecule has 1 unspecified atom stereocenters. The first-order valence-electron chi connectivity index (χ1n) is 13.9. The van der Waals surface area contributed by atoms with Gasteiger partial charge in [0, 0.05) is 40.3 Å². The van der Waals surface area contributed by atoms with Gasteiger partial charge in [-0.25, -0.2) is 0 Å². The van der Waals surface area contributed by atoms with E-state index >= 15 is 0 Å². The van der Waals surface area contributed by atoms with Crippen LogP contribution >= 0.6 is 0 Å². The van der Waals surface area contributed by atoms with Crippen LogP contribution in [0.2, 0.25) is 0 Å². The lowest BCUT2D eigenvalue weighted by Crippen LogP contribution is -2.33. The van der Waals surface area contributed by atoms with Gasteiger partial charge in [-0.1, -0.05) is 0 Å². The number of carbonyl (C=O) groups excluding carboxylic acids is 5. The Morgan fingerprint density at radius 2 is 1.22 bits per heavy atom. The van der Waals surface area contributed by atoms with Gasteiger partial charge in [-0.15, -0.1) is 0 Å². The maximum Gasteiger partial charge on any atom is 0.314 e. The van der Waals surface area contributed by atoms with Crippen molar-refractivity contribution in [2.24, 2.45) is 0 Å². The van der Waals surface area contributed by atoms with Crippen LogP contribution in [0.3, 0.4) is 0 Å². The van der Waals surface area contributed by atoms with E-state index in [-0.39, 0.29) is 73.1 Å². The lowest BCUT2D eigenvalue weighted by Gasteiger charge is -2.28. The van der Waals surface area contributed by atoms with E-state index < -0.39 is 53.3 Å². The molecule has 0 spiro atoms. The molecule has 0 bridgehead atoms. The first-order valence-corrected chi connectivity index (χ1v) is 13.9. The third kappa shape index (κ3) is 4.41. The molecule has 0 aromatic heterocycles. The molecule has 11 nitrogen and oxygen atoms in total. The zero-order chi connectivity index (χ0) is 32.5. The van der Waals surface area contributed by atoms with Crippen molar-refractivity contribution in [1.29, 1.82) is 0 Å². The van der Waals surface area contributed by atoms with Gasteiger partial charge < -0.3 is 28.8 Å². The molecule has 1 heterocycles. The molecule has 11 heteroatoms. The molecule has 3 aliphatic rings. The van der Waals surface area contributed by atoms with Crippen molar-refractivity contribution in [3.63, 3.8) is 0 Å². The van der Waals surface area contributed by atoms with Crippen molar-refractivity contribution in [2.45, 2.75) is 32.3 Å². The number of ether oxygens (including phenoxy) is 5. The standard InChI is InChI=1S/C34H28O11/c1-14-7-16-24(20(8-14)42-4)32(39)27-18(29(16)36)11-22(44-6)28-26-19(12-34(2,40)13-23(35)45-33(27)28)30(37)17-9-15(41-3)10-21(43-5)25(17)31(26)38/h7-11,40H,12-13H2,1-6H3. The van der Waals surface area contributed by atoms with E-state index in [0.29, 0.717) is 5.56 Å². The van der Waals surface area contributed by atoms with Gasteiger partial charge in [0.05, 0.1) is 62.7 Å². The topological polar surface area (TPSA) is 152 Å². The number of aryl methyl sites for hydroxylation is 1. The molecule has 0 radical (unpaired) electrons. The fraction of sp³-hybridized carbons (Fsp3) is 0.265. The Hall–Kier alpha value is -5.29. The molecule has 3 aromatic carbocycles. The molecule has 45 heavy (non-hydrogen) atoms. The van der Waals surface area contributed by atoms with Crippen LogP contribution in [0, 0.1) is 6.92 Å². The average Bonchev–Trinajstić information content (AvgIpc) is 3.04. The fourth-order valence-electron chi connectivity index (χ4n) is 6.29. The average molecular weight is 613 g/mol. The highest BCUT2D eigenvalue weighted by Gasteiger charge is 2.46. The second-order valence-corrected chi connectivity index (χ2v) is 11.3. The molecule has 1 atom stereocenters. The Morgan fingerprint density at radius 3 is 1.87 bits per heavy atom. The van der Waals surface area contributed by atoms with E-state index in [2.05, 4.69) is 0 Å². The van der Waals surface area contributed by atoms with Crippen molar-refractivity contribution >= 4 is 34.7 Å². The Morgan fingerprint density at radius 1 is 0.644 bits per heavy atom. The molecular formula is C34H28O11. The van der Waals surface area contributed by atoms with Crippen molar-refractivity contribution in [1.82, 2.24) is 0 Å². The zero-order valence-electron chi connectivity index (χ0n) is 25.3. The number of hydrogen-bond acceptors (Lipinski definition) is 11. The van der Waals surface area contributed by atoms with Gasteiger partial charge in [0.2, 0.25) is 5.78 Å². The van der Waals surface area contributed by atoms with Gasteiger partial charge in [0.1, 0.15) is 23.0 Å². The Kier molecular flexibility index (Phi) is 6.89. The van der Waals surface area contributed by atoms with Crippen LogP contribution in [0.4, 0.5) is 0 Å². The van der Waals surface area contributed by atoms with E-state index in [1.807, 2.05) is 0 Å². The number of rotatable bonds is 4. The monoisotopic (exact) mass is 612 g/mol. The fourth-order valence-corrected chi connectivity index (χ4v) is 6.29. The largest absolute Gasteiger partial charge is 0.497 e. The van der Waals surface area contributed by atoms with Crippen molar-refractivity contribution < 1.29 is 52.8 Å². The van der Waals surface area contributed by atoms with Crippen LogP contribution in [0.1, 0.15) is 83.5 Å². The summed E-state index contributed by atoms with van der Waals surface area (Å²) in [5.41, 5.74) is -2.30. The summed E-state index contributed by atoms with van der Waals surface area (Å²) in [7, 11) is 5.36. The number of allylic oxidation sites excluding steroid dienone is 1. The smallest absolute Gasteiger partial charge is 0.314 e. The zero-order valence-corrected chi connectivity index (χ0v) is 25.3. The van der Waals surface area contributed by atoms with Gasteiger partial charge in [0.25, 0.3) is 0 Å². The maximum atomic E-state index is 14.5. The van der Waals surface area contributed by atoms with Gasteiger partial charge in [0.15, 0.2) is 23.1 Å². The van der Waals surface area contributed by atoms with Gasteiger partial charge in [-0.3, -0.25) is 24.0 Å². The molecule has 3 aromatic rings. The molecule has 6 rings (SSSR count). The molecule has 1 N–H and O–H groups in total. The molecular weight excluding hydrogens is 584 g/mol. The summed E-state index contributed by atoms with van der Waals surface area (Å²) in [4.78, 5) is 70.4. The number of methoxy groups -OCH3 is 4. The number of aliphatic hydroxyl groups is 1. The summed E-state index contributed by atoms with van der Waals surface area (Å²) in [6, 6.07) is 7.28. The quantitative estimate of drug-likeness (QED) is 0.262. The van der Waals surface area contributed by atoms with E-state index in [0.717, 1.165) is 0 Å². The summed E-state index contributed by atoms with van der Waals surface area (Å²) in [5.74, 6) is -3.70. The summed E-state index contributed by atoms with van der Waals surface area (Å²) < 4.78 is 27.7. The number of ketones is 4. The highest BCUT2D eigenvalue weighted by atomic mass is 16.5. The molecule has 0 fully saturated rings. The van der Waals surface area contributed by atoms with Gasteiger partial charge >= 0.3 is 5.97 Å². The predicted molar refractivity (Wildman–Crippen MR) is 158 cm³/mol. The van der Waals surface area contributed by atoms with Crippen molar-refractivity contribution in [3.8, 4) is 28.7 Å². The van der Waals surface area contributed by atoms with Crippen LogP contribution in [0.25, 0.3) is 5.57 Å². The Labute approximate surface area is 257 Å². The molecule has 0 saturated carbocycles. The van der Waals surface area contributed by atoms with Gasteiger partial charge in [-0.05, 0) is 43.7 Å². The molecule has 230 valence electrons. The van der Waals surface area contributed by atoms with E-state index in [4.69, 9.17) is 23.7 Å². The molecule has 0 saturated heterocycles. The number of hydrogen-bond donors (Lipinski definition) is 1. The second kappa shape index (κ2) is 10.4. The third-order valence-corrected chi connectivity index (χ3v) is 8.23. The summed E-state index contributed by atoms with van der Waals surface area (Å²) in [6.07, 6.45) is -1.03. The van der Waals surface area contributed by atoms with E-state index in [1.165, 1.54) is 53.6 Å². The SMILES string of the molecule is COc1cc(OC)c2c(c1)C(=O)C1=C(C2=O)c2c(OC)cc3c(c2OC(=O)CC(C)(O)C1)C(=O)c1c(OC)cc(C)cc1C3=O. The highest BCUT2D eigenvalue weighted by Crippen LogP contribution is 2.51. The van der Waals surface area contributed by atoms with E-state index in [9.17, 15) is 29.1 Å². The van der Waals surface area contributed by atoms with E-state index in [1.54, 1.807) is 19.1 Å². The molecule has 2 aliphatic carbocycles. The minimum atomic E-state index is -1.85. The maximum absolute atomic E-state index is 14.5. The summed E-state index contributed by atoms with van der Waals surface area (Å²) in [5, 5.41) is 11.3. The first kappa shape index (κ1) is 29.8. The first-order chi connectivity index (χ1) is 21.3. The molecule has 0 amide bonds. The lowest BCUT2D eigenvalue weighted by molar-refractivity contribution is -0.139. The van der Waals surface area contributed by atoms with Crippen molar-refractivity contribution in [2.75, 3.05) is 28.4 Å². The lowest BCUT2D eigenvalue weighted by atomic mass is 9.74. The van der Waals surface area contributed by atoms with Crippen LogP contribution in [0.5, 0.6) is 28.7 Å². The Balaban J connectivity index is 1.74. The summed E-state index contributed by atoms with van der Waals surface area (Å²) >= 11 is 0. The number of Topliss-reactive ketones (excluding diaryl/α,β-unsaturated/α-hetero) is 2. The summed E-state index contributed by atoms with van der Waals surface area (Å²) in [6.45, 7) is 3.08. The highest BCUT2D eigenvalue weighted by molar-refractivity contribution is 6.43. The third-order valence-electron chi connectivity index (χ3n) is 8.23. The van der Waals surface area contributed by atoms with Crippen LogP contribution in [-0.2, 0) is 4.79 Å². The van der Waals surface area contributed by atoms with Gasteiger partial charge in [-0.2, -0.15) is 0 Å².